The second-order valence-electron chi connectivity index (χ2n) is 6.26. The SMILES string of the molecule is CCC(CC)CC(C)(N)OCCOC(C)N1CCCC1. The van der Waals surface area contributed by atoms with Gasteiger partial charge in [0.05, 0.1) is 13.2 Å². The van der Waals surface area contributed by atoms with Gasteiger partial charge in [-0.2, -0.15) is 0 Å². The van der Waals surface area contributed by atoms with E-state index in [-0.39, 0.29) is 6.23 Å². The molecule has 2 N–H and O–H groups in total. The maximum absolute atomic E-state index is 6.22. The molecule has 1 saturated heterocycles. The molecule has 20 heavy (non-hydrogen) atoms. The Bertz CT molecular complexity index is 249. The molecule has 1 fully saturated rings. The monoisotopic (exact) mass is 286 g/mol. The van der Waals surface area contributed by atoms with Gasteiger partial charge in [0.25, 0.3) is 0 Å². The van der Waals surface area contributed by atoms with Crippen molar-refractivity contribution in [3.05, 3.63) is 0 Å². The first-order valence-corrected chi connectivity index (χ1v) is 8.27. The molecule has 0 aliphatic carbocycles. The van der Waals surface area contributed by atoms with Crippen LogP contribution in [0.5, 0.6) is 0 Å². The summed E-state index contributed by atoms with van der Waals surface area (Å²) in [5, 5.41) is 0. The highest BCUT2D eigenvalue weighted by Gasteiger charge is 2.23. The van der Waals surface area contributed by atoms with E-state index in [4.69, 9.17) is 15.2 Å². The van der Waals surface area contributed by atoms with Gasteiger partial charge in [-0.15, -0.1) is 0 Å². The number of hydrogen-bond donors (Lipinski definition) is 1. The molecule has 4 nitrogen and oxygen atoms in total. The van der Waals surface area contributed by atoms with Gasteiger partial charge in [-0.05, 0) is 39.0 Å². The summed E-state index contributed by atoms with van der Waals surface area (Å²) in [7, 11) is 0. The molecule has 0 spiro atoms. The second kappa shape index (κ2) is 8.98. The molecule has 0 aromatic rings. The summed E-state index contributed by atoms with van der Waals surface area (Å²) in [6, 6.07) is 0. The summed E-state index contributed by atoms with van der Waals surface area (Å²) in [6.45, 7) is 12.0. The zero-order chi connectivity index (χ0) is 15.0. The number of likely N-dealkylation sites (tertiary alicyclic amines) is 1. The number of nitrogens with zero attached hydrogens (tertiary/aromatic N) is 1. The number of nitrogens with two attached hydrogens (primary N) is 1. The van der Waals surface area contributed by atoms with Crippen molar-refractivity contribution in [2.24, 2.45) is 11.7 Å². The van der Waals surface area contributed by atoms with Crippen LogP contribution in [-0.4, -0.2) is 43.2 Å². The molecule has 0 bridgehead atoms. The van der Waals surface area contributed by atoms with Crippen molar-refractivity contribution >= 4 is 0 Å². The molecule has 4 heteroatoms. The highest BCUT2D eigenvalue weighted by molar-refractivity contribution is 4.72. The lowest BCUT2D eigenvalue weighted by atomic mass is 9.94. The fraction of sp³-hybridized carbons (Fsp3) is 1.00. The Kier molecular flexibility index (Phi) is 8.03. The fourth-order valence-electron chi connectivity index (χ4n) is 2.91. The van der Waals surface area contributed by atoms with E-state index in [9.17, 15) is 0 Å². The van der Waals surface area contributed by atoms with E-state index in [2.05, 4.69) is 25.7 Å². The third-order valence-corrected chi connectivity index (χ3v) is 4.38. The van der Waals surface area contributed by atoms with Gasteiger partial charge in [0.1, 0.15) is 12.0 Å². The van der Waals surface area contributed by atoms with Crippen molar-refractivity contribution in [2.75, 3.05) is 26.3 Å². The van der Waals surface area contributed by atoms with Crippen LogP contribution in [0.25, 0.3) is 0 Å². The van der Waals surface area contributed by atoms with Crippen molar-refractivity contribution in [1.82, 2.24) is 4.90 Å². The van der Waals surface area contributed by atoms with E-state index in [0.29, 0.717) is 19.1 Å². The first kappa shape index (κ1) is 17.9. The molecule has 0 aromatic carbocycles. The largest absolute Gasteiger partial charge is 0.361 e. The normalized spacial score (nSPS) is 21.3. The van der Waals surface area contributed by atoms with Gasteiger partial charge in [-0.25, -0.2) is 0 Å². The van der Waals surface area contributed by atoms with E-state index in [1.165, 1.54) is 12.8 Å². The smallest absolute Gasteiger partial charge is 0.114 e. The van der Waals surface area contributed by atoms with E-state index >= 15 is 0 Å². The Labute approximate surface area is 125 Å². The summed E-state index contributed by atoms with van der Waals surface area (Å²) in [5.74, 6) is 0.648. The molecule has 0 radical (unpaired) electrons. The van der Waals surface area contributed by atoms with Crippen LogP contribution >= 0.6 is 0 Å². The van der Waals surface area contributed by atoms with Crippen molar-refractivity contribution in [3.63, 3.8) is 0 Å². The molecule has 1 rings (SSSR count). The Balaban J connectivity index is 2.15. The summed E-state index contributed by atoms with van der Waals surface area (Å²) in [5.41, 5.74) is 5.69. The Morgan fingerprint density at radius 3 is 2.30 bits per heavy atom. The molecular formula is C16H34N2O2. The lowest BCUT2D eigenvalue weighted by molar-refractivity contribution is -0.0986. The Morgan fingerprint density at radius 1 is 1.15 bits per heavy atom. The lowest BCUT2D eigenvalue weighted by Crippen LogP contribution is -2.42. The highest BCUT2D eigenvalue weighted by atomic mass is 16.6. The van der Waals surface area contributed by atoms with Gasteiger partial charge in [-0.1, -0.05) is 26.7 Å². The molecule has 0 amide bonds. The van der Waals surface area contributed by atoms with Crippen LogP contribution in [0.4, 0.5) is 0 Å². The van der Waals surface area contributed by atoms with Gasteiger partial charge in [0, 0.05) is 13.1 Å². The first-order valence-electron chi connectivity index (χ1n) is 8.27. The lowest BCUT2D eigenvalue weighted by Gasteiger charge is -2.30. The number of hydrogen-bond acceptors (Lipinski definition) is 4. The van der Waals surface area contributed by atoms with E-state index in [1.807, 2.05) is 6.92 Å². The quantitative estimate of drug-likeness (QED) is 0.495. The zero-order valence-corrected chi connectivity index (χ0v) is 13.9. The third kappa shape index (κ3) is 6.53. The zero-order valence-electron chi connectivity index (χ0n) is 13.9. The van der Waals surface area contributed by atoms with Gasteiger partial charge in [-0.3, -0.25) is 4.90 Å². The fourth-order valence-corrected chi connectivity index (χ4v) is 2.91. The van der Waals surface area contributed by atoms with Crippen LogP contribution in [0.3, 0.4) is 0 Å². The average molecular weight is 286 g/mol. The van der Waals surface area contributed by atoms with E-state index in [1.54, 1.807) is 0 Å². The van der Waals surface area contributed by atoms with Crippen LogP contribution in [0.15, 0.2) is 0 Å². The molecular weight excluding hydrogens is 252 g/mol. The van der Waals surface area contributed by atoms with Crippen LogP contribution in [0, 0.1) is 5.92 Å². The maximum atomic E-state index is 6.22. The summed E-state index contributed by atoms with van der Waals surface area (Å²) in [6.07, 6.45) is 6.02. The summed E-state index contributed by atoms with van der Waals surface area (Å²) in [4.78, 5) is 2.38. The number of ether oxygens (including phenoxy) is 2. The molecule has 2 atom stereocenters. The van der Waals surface area contributed by atoms with E-state index < -0.39 is 5.72 Å². The van der Waals surface area contributed by atoms with Gasteiger partial charge in [0.15, 0.2) is 0 Å². The Morgan fingerprint density at radius 2 is 1.75 bits per heavy atom. The van der Waals surface area contributed by atoms with Crippen LogP contribution in [0.2, 0.25) is 0 Å². The van der Waals surface area contributed by atoms with Crippen LogP contribution in [-0.2, 0) is 9.47 Å². The predicted molar refractivity (Wildman–Crippen MR) is 83.5 cm³/mol. The maximum Gasteiger partial charge on any atom is 0.114 e. The molecule has 1 aliphatic heterocycles. The molecule has 1 heterocycles. The molecule has 2 unspecified atom stereocenters. The van der Waals surface area contributed by atoms with Gasteiger partial charge < -0.3 is 15.2 Å². The van der Waals surface area contributed by atoms with E-state index in [0.717, 1.165) is 32.4 Å². The average Bonchev–Trinajstić information content (AvgIpc) is 2.95. The van der Waals surface area contributed by atoms with Crippen molar-refractivity contribution < 1.29 is 9.47 Å². The minimum Gasteiger partial charge on any atom is -0.361 e. The van der Waals surface area contributed by atoms with Gasteiger partial charge in [0.2, 0.25) is 0 Å². The summed E-state index contributed by atoms with van der Waals surface area (Å²) < 4.78 is 11.6. The molecule has 120 valence electrons. The van der Waals surface area contributed by atoms with Gasteiger partial charge >= 0.3 is 0 Å². The Hall–Kier alpha value is -0.160. The van der Waals surface area contributed by atoms with Crippen molar-refractivity contribution in [1.29, 1.82) is 0 Å². The predicted octanol–water partition coefficient (Wildman–Crippen LogP) is 2.96. The third-order valence-electron chi connectivity index (χ3n) is 4.38. The first-order chi connectivity index (χ1) is 9.48. The van der Waals surface area contributed by atoms with Crippen molar-refractivity contribution in [3.8, 4) is 0 Å². The molecule has 0 aromatic heterocycles. The molecule has 0 saturated carbocycles. The topological polar surface area (TPSA) is 47.7 Å². The summed E-state index contributed by atoms with van der Waals surface area (Å²) >= 11 is 0. The molecule has 1 aliphatic rings. The van der Waals surface area contributed by atoms with Crippen LogP contribution in [0.1, 0.15) is 59.8 Å². The van der Waals surface area contributed by atoms with Crippen molar-refractivity contribution in [2.45, 2.75) is 71.8 Å². The minimum absolute atomic E-state index is 0.198. The standard InChI is InChI=1S/C16H34N2O2/c1-5-15(6-2)13-16(4,17)20-12-11-19-14(3)18-9-7-8-10-18/h14-15H,5-13,17H2,1-4H3. The second-order valence-corrected chi connectivity index (χ2v) is 6.26. The van der Waals surface area contributed by atoms with Crippen LogP contribution < -0.4 is 5.73 Å². The minimum atomic E-state index is -0.531. The number of rotatable bonds is 10. The highest BCUT2D eigenvalue weighted by Crippen LogP contribution is 2.21.